The van der Waals surface area contributed by atoms with Crippen molar-refractivity contribution in [2.75, 3.05) is 0 Å². The van der Waals surface area contributed by atoms with Crippen LogP contribution in [0.15, 0.2) is 0 Å². The molecule has 3 nitrogen and oxygen atoms in total. The van der Waals surface area contributed by atoms with Crippen molar-refractivity contribution in [1.29, 1.82) is 0 Å². The average Bonchev–Trinajstić information content (AvgIpc) is 1.99. The maximum Gasteiger partial charge on any atom is 0.244 e. The molecule has 0 aliphatic rings. The van der Waals surface area contributed by atoms with Gasteiger partial charge in [-0.15, -0.1) is 0 Å². The lowest BCUT2D eigenvalue weighted by atomic mass is 9.94. The third-order valence-corrected chi connectivity index (χ3v) is 2.23. The predicted molar refractivity (Wildman–Crippen MR) is 61.7 cm³/mol. The van der Waals surface area contributed by atoms with Crippen LogP contribution in [-0.2, 0) is 9.59 Å². The van der Waals surface area contributed by atoms with Gasteiger partial charge < -0.3 is 5.32 Å². The lowest BCUT2D eigenvalue weighted by Crippen LogP contribution is -2.45. The van der Waals surface area contributed by atoms with E-state index in [1.807, 2.05) is 13.8 Å². The highest BCUT2D eigenvalue weighted by molar-refractivity contribution is 6.64. The smallest absolute Gasteiger partial charge is 0.244 e. The Hall–Kier alpha value is -0.570. The number of hydrogen-bond acceptors (Lipinski definition) is 2. The Kier molecular flexibility index (Phi) is 5.29. The monoisotopic (exact) mass is 233 g/mol. The first-order valence-electron chi connectivity index (χ1n) is 5.15. The van der Waals surface area contributed by atoms with Crippen LogP contribution in [0.5, 0.6) is 0 Å². The van der Waals surface area contributed by atoms with Crippen molar-refractivity contribution in [3.63, 3.8) is 0 Å². The highest BCUT2D eigenvalue weighted by Crippen LogP contribution is 2.15. The summed E-state index contributed by atoms with van der Waals surface area (Å²) in [7, 11) is 0. The van der Waals surface area contributed by atoms with E-state index in [2.05, 4.69) is 5.32 Å². The standard InChI is InChI=1S/C11H20ClNO2/c1-7(2)6-8(9(12)14)13-10(15)11(3,4)5/h7-8H,6H2,1-5H3,(H,13,15). The Morgan fingerprint density at radius 3 is 2.00 bits per heavy atom. The maximum atomic E-state index is 11.6. The van der Waals surface area contributed by atoms with Gasteiger partial charge in [0.15, 0.2) is 0 Å². The number of halogens is 1. The molecule has 0 rings (SSSR count). The molecule has 4 heteroatoms. The van der Waals surface area contributed by atoms with Gasteiger partial charge in [0, 0.05) is 5.41 Å². The fraction of sp³-hybridized carbons (Fsp3) is 0.818. The Morgan fingerprint density at radius 1 is 1.27 bits per heavy atom. The quantitative estimate of drug-likeness (QED) is 0.758. The lowest BCUT2D eigenvalue weighted by Gasteiger charge is -2.23. The van der Waals surface area contributed by atoms with E-state index in [9.17, 15) is 9.59 Å². The van der Waals surface area contributed by atoms with Crippen molar-refractivity contribution in [2.24, 2.45) is 11.3 Å². The van der Waals surface area contributed by atoms with Crippen LogP contribution >= 0.6 is 11.6 Å². The molecular formula is C11H20ClNO2. The molecule has 0 heterocycles. The van der Waals surface area contributed by atoms with Gasteiger partial charge in [0.2, 0.25) is 11.1 Å². The molecule has 1 amide bonds. The van der Waals surface area contributed by atoms with Crippen molar-refractivity contribution in [1.82, 2.24) is 5.32 Å². The zero-order chi connectivity index (χ0) is 12.2. The van der Waals surface area contributed by atoms with E-state index in [1.54, 1.807) is 20.8 Å². The molecule has 0 spiro atoms. The Balaban J connectivity index is 4.43. The van der Waals surface area contributed by atoms with Gasteiger partial charge in [-0.1, -0.05) is 34.6 Å². The van der Waals surface area contributed by atoms with Crippen molar-refractivity contribution in [2.45, 2.75) is 47.1 Å². The van der Waals surface area contributed by atoms with Gasteiger partial charge in [-0.2, -0.15) is 0 Å². The highest BCUT2D eigenvalue weighted by Gasteiger charge is 2.26. The minimum atomic E-state index is -0.571. The molecule has 1 unspecified atom stereocenters. The first-order valence-corrected chi connectivity index (χ1v) is 5.52. The average molecular weight is 234 g/mol. The summed E-state index contributed by atoms with van der Waals surface area (Å²) in [5, 5.41) is 2.17. The molecule has 0 aromatic heterocycles. The van der Waals surface area contributed by atoms with E-state index in [-0.39, 0.29) is 5.91 Å². The molecule has 0 aromatic rings. The Bertz CT molecular complexity index is 243. The topological polar surface area (TPSA) is 46.2 Å². The van der Waals surface area contributed by atoms with Crippen molar-refractivity contribution >= 4 is 22.8 Å². The summed E-state index contributed by atoms with van der Waals surface area (Å²) in [6.07, 6.45) is 0.574. The minimum Gasteiger partial charge on any atom is -0.344 e. The van der Waals surface area contributed by atoms with E-state index in [0.717, 1.165) is 0 Å². The van der Waals surface area contributed by atoms with Gasteiger partial charge in [0.25, 0.3) is 0 Å². The van der Waals surface area contributed by atoms with E-state index in [1.165, 1.54) is 0 Å². The summed E-state index contributed by atoms with van der Waals surface area (Å²) in [6, 6.07) is -0.571. The van der Waals surface area contributed by atoms with Crippen molar-refractivity contribution in [3.8, 4) is 0 Å². The highest BCUT2D eigenvalue weighted by atomic mass is 35.5. The van der Waals surface area contributed by atoms with Gasteiger partial charge in [0.1, 0.15) is 6.04 Å². The molecule has 1 N–H and O–H groups in total. The van der Waals surface area contributed by atoms with Crippen LogP contribution in [0.2, 0.25) is 0 Å². The third kappa shape index (κ3) is 5.78. The summed E-state index contributed by atoms with van der Waals surface area (Å²) < 4.78 is 0. The van der Waals surface area contributed by atoms with Gasteiger partial charge in [-0.05, 0) is 23.9 Å². The van der Waals surface area contributed by atoms with E-state index >= 15 is 0 Å². The van der Waals surface area contributed by atoms with Crippen LogP contribution in [0, 0.1) is 11.3 Å². The van der Waals surface area contributed by atoms with Crippen molar-refractivity contribution in [3.05, 3.63) is 0 Å². The largest absolute Gasteiger partial charge is 0.344 e. The molecule has 0 fully saturated rings. The van der Waals surface area contributed by atoms with Crippen LogP contribution in [0.1, 0.15) is 41.0 Å². The van der Waals surface area contributed by atoms with Crippen LogP contribution < -0.4 is 5.32 Å². The molecular weight excluding hydrogens is 214 g/mol. The molecule has 0 bridgehead atoms. The first-order chi connectivity index (χ1) is 6.64. The molecule has 88 valence electrons. The zero-order valence-corrected chi connectivity index (χ0v) is 10.8. The second kappa shape index (κ2) is 5.50. The molecule has 0 radical (unpaired) electrons. The fourth-order valence-electron chi connectivity index (χ4n) is 1.05. The van der Waals surface area contributed by atoms with Crippen molar-refractivity contribution < 1.29 is 9.59 Å². The third-order valence-electron chi connectivity index (χ3n) is 1.97. The van der Waals surface area contributed by atoms with E-state index in [4.69, 9.17) is 11.6 Å². The molecule has 0 saturated carbocycles. The second-order valence-electron chi connectivity index (χ2n) is 5.21. The van der Waals surface area contributed by atoms with E-state index < -0.39 is 16.7 Å². The maximum absolute atomic E-state index is 11.6. The number of carbonyl (C=O) groups is 2. The van der Waals surface area contributed by atoms with E-state index in [0.29, 0.717) is 12.3 Å². The van der Waals surface area contributed by atoms with Crippen LogP contribution in [0.3, 0.4) is 0 Å². The normalized spacial score (nSPS) is 13.8. The molecule has 0 aliphatic carbocycles. The minimum absolute atomic E-state index is 0.151. The molecule has 0 aromatic carbocycles. The SMILES string of the molecule is CC(C)CC(NC(=O)C(C)(C)C)C(=O)Cl. The van der Waals surface area contributed by atoms with Gasteiger partial charge in [-0.3, -0.25) is 9.59 Å². The molecule has 1 atom stereocenters. The lowest BCUT2D eigenvalue weighted by molar-refractivity contribution is -0.131. The zero-order valence-electron chi connectivity index (χ0n) is 10.1. The first kappa shape index (κ1) is 14.4. The van der Waals surface area contributed by atoms with Crippen LogP contribution in [0.4, 0.5) is 0 Å². The number of hydrogen-bond donors (Lipinski definition) is 1. The van der Waals surface area contributed by atoms with Crippen LogP contribution in [0.25, 0.3) is 0 Å². The summed E-state index contributed by atoms with van der Waals surface area (Å²) in [5.74, 6) is 0.167. The number of amides is 1. The molecule has 0 saturated heterocycles. The number of nitrogens with one attached hydrogen (secondary N) is 1. The summed E-state index contributed by atoms with van der Waals surface area (Å²) in [5.41, 5.74) is -0.498. The number of carbonyl (C=O) groups excluding carboxylic acids is 2. The van der Waals surface area contributed by atoms with Gasteiger partial charge in [0.05, 0.1) is 0 Å². The summed E-state index contributed by atoms with van der Waals surface area (Å²) >= 11 is 5.43. The van der Waals surface area contributed by atoms with Gasteiger partial charge >= 0.3 is 0 Å². The second-order valence-corrected chi connectivity index (χ2v) is 5.58. The summed E-state index contributed by atoms with van der Waals surface area (Å²) in [6.45, 7) is 9.36. The Labute approximate surface area is 96.6 Å². The van der Waals surface area contributed by atoms with Gasteiger partial charge in [-0.25, -0.2) is 0 Å². The molecule has 0 aliphatic heterocycles. The molecule has 15 heavy (non-hydrogen) atoms. The number of rotatable bonds is 4. The Morgan fingerprint density at radius 2 is 1.73 bits per heavy atom. The van der Waals surface area contributed by atoms with Crippen LogP contribution in [-0.4, -0.2) is 17.2 Å². The fourth-order valence-corrected chi connectivity index (χ4v) is 1.20. The summed E-state index contributed by atoms with van der Waals surface area (Å²) in [4.78, 5) is 22.7. The predicted octanol–water partition coefficient (Wildman–Crippen LogP) is 2.33.